The van der Waals surface area contributed by atoms with Gasteiger partial charge in [0.2, 0.25) is 10.0 Å². The van der Waals surface area contributed by atoms with Crippen LogP contribution in [0.2, 0.25) is 0 Å². The van der Waals surface area contributed by atoms with Crippen molar-refractivity contribution in [2.45, 2.75) is 24.3 Å². The van der Waals surface area contributed by atoms with E-state index in [1.54, 1.807) is 26.2 Å². The lowest BCUT2D eigenvalue weighted by Gasteiger charge is -2.19. The molecule has 0 saturated heterocycles. The number of ether oxygens (including phenoxy) is 1. The molecule has 21 heavy (non-hydrogen) atoms. The van der Waals surface area contributed by atoms with Gasteiger partial charge in [-0.1, -0.05) is 18.2 Å². The summed E-state index contributed by atoms with van der Waals surface area (Å²) in [7, 11) is -0.0560. The number of hydrogen-bond acceptors (Lipinski definition) is 4. The van der Waals surface area contributed by atoms with Crippen molar-refractivity contribution in [1.82, 2.24) is 9.62 Å². The molecule has 0 atom stereocenters. The first-order chi connectivity index (χ1) is 10.1. The van der Waals surface area contributed by atoms with Crippen LogP contribution in [0.3, 0.4) is 0 Å². The van der Waals surface area contributed by atoms with E-state index in [0.29, 0.717) is 30.5 Å². The van der Waals surface area contributed by atoms with Crippen LogP contribution in [0.5, 0.6) is 0 Å². The van der Waals surface area contributed by atoms with E-state index in [-0.39, 0.29) is 0 Å². The second-order valence-corrected chi connectivity index (χ2v) is 7.50. The van der Waals surface area contributed by atoms with Crippen molar-refractivity contribution in [2.24, 2.45) is 5.92 Å². The van der Waals surface area contributed by atoms with Crippen molar-refractivity contribution in [3.8, 4) is 0 Å². The van der Waals surface area contributed by atoms with Gasteiger partial charge in [0.1, 0.15) is 0 Å². The van der Waals surface area contributed by atoms with E-state index in [1.807, 2.05) is 12.1 Å². The molecule has 0 aromatic heterocycles. The maximum atomic E-state index is 12.6. The lowest BCUT2D eigenvalue weighted by molar-refractivity contribution is 0.117. The minimum absolute atomic E-state index is 0.365. The summed E-state index contributed by atoms with van der Waals surface area (Å²) in [5.74, 6) is 0.697. The molecule has 0 bridgehead atoms. The highest BCUT2D eigenvalue weighted by Crippen LogP contribution is 2.28. The zero-order valence-electron chi connectivity index (χ0n) is 12.7. The summed E-state index contributed by atoms with van der Waals surface area (Å²) in [5, 5.41) is 3.00. The van der Waals surface area contributed by atoms with Gasteiger partial charge in [0, 0.05) is 26.7 Å². The van der Waals surface area contributed by atoms with E-state index < -0.39 is 10.0 Å². The Morgan fingerprint density at radius 1 is 1.33 bits per heavy atom. The van der Waals surface area contributed by atoms with Crippen LogP contribution in [0.4, 0.5) is 0 Å². The van der Waals surface area contributed by atoms with Crippen molar-refractivity contribution in [2.75, 3.05) is 33.9 Å². The second-order valence-electron chi connectivity index (χ2n) is 5.48. The third-order valence-electron chi connectivity index (χ3n) is 3.63. The fraction of sp³-hybridized carbons (Fsp3) is 0.600. The number of likely N-dealkylation sites (N-methyl/N-ethyl adjacent to an activating group) is 1. The van der Waals surface area contributed by atoms with Crippen molar-refractivity contribution in [3.05, 3.63) is 29.8 Å². The number of sulfonamides is 1. The first-order valence-electron chi connectivity index (χ1n) is 7.32. The SMILES string of the molecule is CNCc1ccccc1S(=O)(=O)N(C)CCOCC1CC1. The largest absolute Gasteiger partial charge is 0.380 e. The molecule has 1 fully saturated rings. The molecular formula is C15H24N2O3S. The van der Waals surface area contributed by atoms with Crippen LogP contribution in [-0.4, -0.2) is 46.6 Å². The van der Waals surface area contributed by atoms with Crippen molar-refractivity contribution in [3.63, 3.8) is 0 Å². The highest BCUT2D eigenvalue weighted by atomic mass is 32.2. The van der Waals surface area contributed by atoms with Gasteiger partial charge in [-0.15, -0.1) is 0 Å². The van der Waals surface area contributed by atoms with Gasteiger partial charge in [0.15, 0.2) is 0 Å². The molecule has 6 heteroatoms. The van der Waals surface area contributed by atoms with Crippen molar-refractivity contribution >= 4 is 10.0 Å². The maximum Gasteiger partial charge on any atom is 0.243 e. The fourth-order valence-corrected chi connectivity index (χ4v) is 3.48. The van der Waals surface area contributed by atoms with Gasteiger partial charge >= 0.3 is 0 Å². The molecule has 1 saturated carbocycles. The van der Waals surface area contributed by atoms with E-state index in [2.05, 4.69) is 5.32 Å². The molecule has 1 N–H and O–H groups in total. The first-order valence-corrected chi connectivity index (χ1v) is 8.76. The van der Waals surface area contributed by atoms with E-state index >= 15 is 0 Å². The smallest absolute Gasteiger partial charge is 0.243 e. The molecule has 1 aliphatic carbocycles. The zero-order chi connectivity index (χ0) is 15.3. The molecule has 1 aromatic carbocycles. The van der Waals surface area contributed by atoms with Gasteiger partial charge in [-0.2, -0.15) is 4.31 Å². The van der Waals surface area contributed by atoms with Gasteiger partial charge in [-0.3, -0.25) is 0 Å². The molecule has 1 aliphatic rings. The number of nitrogens with zero attached hydrogens (tertiary/aromatic N) is 1. The Morgan fingerprint density at radius 2 is 2.05 bits per heavy atom. The van der Waals surface area contributed by atoms with E-state index in [4.69, 9.17) is 4.74 Å². The van der Waals surface area contributed by atoms with Crippen LogP contribution in [0.1, 0.15) is 18.4 Å². The highest BCUT2D eigenvalue weighted by Gasteiger charge is 2.24. The Balaban J connectivity index is 1.98. The average Bonchev–Trinajstić information content (AvgIpc) is 3.28. The molecule has 5 nitrogen and oxygen atoms in total. The standard InChI is InChI=1S/C15H24N2O3S/c1-16-11-14-5-3-4-6-15(14)21(18,19)17(2)9-10-20-12-13-7-8-13/h3-6,13,16H,7-12H2,1-2H3. The molecule has 0 spiro atoms. The van der Waals surface area contributed by atoms with Crippen LogP contribution in [0.15, 0.2) is 29.2 Å². The molecule has 0 aliphatic heterocycles. The average molecular weight is 312 g/mol. The van der Waals surface area contributed by atoms with Crippen molar-refractivity contribution < 1.29 is 13.2 Å². The minimum Gasteiger partial charge on any atom is -0.380 e. The predicted molar refractivity (Wildman–Crippen MR) is 82.6 cm³/mol. The van der Waals surface area contributed by atoms with Crippen LogP contribution < -0.4 is 5.32 Å². The summed E-state index contributed by atoms with van der Waals surface area (Å²) >= 11 is 0. The maximum absolute atomic E-state index is 12.6. The van der Waals surface area contributed by atoms with Crippen molar-refractivity contribution in [1.29, 1.82) is 0 Å². The molecular weight excluding hydrogens is 288 g/mol. The van der Waals surface area contributed by atoms with Crippen LogP contribution in [0, 0.1) is 5.92 Å². The van der Waals surface area contributed by atoms with Gasteiger partial charge in [0.05, 0.1) is 11.5 Å². The predicted octanol–water partition coefficient (Wildman–Crippen LogP) is 1.45. The third-order valence-corrected chi connectivity index (χ3v) is 5.59. The van der Waals surface area contributed by atoms with Crippen LogP contribution >= 0.6 is 0 Å². The quantitative estimate of drug-likeness (QED) is 0.701. The molecule has 0 amide bonds. The van der Waals surface area contributed by atoms with Crippen LogP contribution in [0.25, 0.3) is 0 Å². The lowest BCUT2D eigenvalue weighted by atomic mass is 10.2. The van der Waals surface area contributed by atoms with E-state index in [0.717, 1.165) is 12.2 Å². The minimum atomic E-state index is -3.46. The summed E-state index contributed by atoms with van der Waals surface area (Å²) in [5.41, 5.74) is 0.783. The van der Waals surface area contributed by atoms with Gasteiger partial charge < -0.3 is 10.1 Å². The molecule has 2 rings (SSSR count). The molecule has 1 aromatic rings. The Hall–Kier alpha value is -0.950. The molecule has 0 unspecified atom stereocenters. The third kappa shape index (κ3) is 4.51. The Morgan fingerprint density at radius 3 is 2.71 bits per heavy atom. The van der Waals surface area contributed by atoms with Gasteiger partial charge in [-0.05, 0) is 37.4 Å². The molecule has 0 radical (unpaired) electrons. The Labute approximate surface area is 127 Å². The zero-order valence-corrected chi connectivity index (χ0v) is 13.5. The molecule has 0 heterocycles. The second kappa shape index (κ2) is 7.35. The summed E-state index contributed by atoms with van der Waals surface area (Å²) < 4.78 is 32.1. The number of hydrogen-bond donors (Lipinski definition) is 1. The first kappa shape index (κ1) is 16.4. The number of rotatable bonds is 9. The summed E-state index contributed by atoms with van der Waals surface area (Å²) in [6.07, 6.45) is 2.48. The van der Waals surface area contributed by atoms with E-state index in [9.17, 15) is 8.42 Å². The number of benzene rings is 1. The Bertz CT molecular complexity index is 556. The summed E-state index contributed by atoms with van der Waals surface area (Å²) in [4.78, 5) is 0.365. The summed E-state index contributed by atoms with van der Waals surface area (Å²) in [6.45, 7) is 2.11. The topological polar surface area (TPSA) is 58.6 Å². The highest BCUT2D eigenvalue weighted by molar-refractivity contribution is 7.89. The van der Waals surface area contributed by atoms with Gasteiger partial charge in [-0.25, -0.2) is 8.42 Å². The van der Waals surface area contributed by atoms with E-state index in [1.165, 1.54) is 17.1 Å². The van der Waals surface area contributed by atoms with Gasteiger partial charge in [0.25, 0.3) is 0 Å². The monoisotopic (exact) mass is 312 g/mol. The molecule has 118 valence electrons. The normalized spacial score (nSPS) is 15.6. The lowest BCUT2D eigenvalue weighted by Crippen LogP contribution is -2.31. The summed E-state index contributed by atoms with van der Waals surface area (Å²) in [6, 6.07) is 7.10. The fourth-order valence-electron chi connectivity index (χ4n) is 2.11. The number of nitrogens with one attached hydrogen (secondary N) is 1. The Kier molecular flexibility index (Phi) is 5.75. The van der Waals surface area contributed by atoms with Crippen LogP contribution in [-0.2, 0) is 21.3 Å².